The average Bonchev–Trinajstić information content (AvgIpc) is 3.07. The van der Waals surface area contributed by atoms with Gasteiger partial charge in [-0.1, -0.05) is 5.16 Å². The highest BCUT2D eigenvalue weighted by Gasteiger charge is 2.42. The van der Waals surface area contributed by atoms with Crippen molar-refractivity contribution >= 4 is 10.0 Å². The molecule has 1 atom stereocenters. The number of fused-ring (bicyclic) bond motifs is 1. The van der Waals surface area contributed by atoms with E-state index in [2.05, 4.69) is 20.1 Å². The van der Waals surface area contributed by atoms with E-state index in [1.54, 1.807) is 0 Å². The molecule has 0 spiro atoms. The molecule has 1 aliphatic heterocycles. The van der Waals surface area contributed by atoms with Gasteiger partial charge in [-0.05, 0) is 20.3 Å². The highest BCUT2D eigenvalue weighted by molar-refractivity contribution is 7.89. The van der Waals surface area contributed by atoms with Crippen LogP contribution in [-0.2, 0) is 29.5 Å². The molecule has 12 heteroatoms. The van der Waals surface area contributed by atoms with Crippen molar-refractivity contribution < 1.29 is 26.1 Å². The van der Waals surface area contributed by atoms with E-state index in [9.17, 15) is 21.6 Å². The lowest BCUT2D eigenvalue weighted by Gasteiger charge is -2.26. The summed E-state index contributed by atoms with van der Waals surface area (Å²) in [7, 11) is -3.93. The number of aryl methyl sites for hydroxylation is 3. The number of halogens is 3. The van der Waals surface area contributed by atoms with Crippen LogP contribution in [-0.4, -0.2) is 34.5 Å². The molecule has 2 aromatic heterocycles. The van der Waals surface area contributed by atoms with Crippen LogP contribution in [0.4, 0.5) is 13.2 Å². The van der Waals surface area contributed by atoms with Gasteiger partial charge < -0.3 is 9.09 Å². The van der Waals surface area contributed by atoms with E-state index < -0.39 is 22.1 Å². The van der Waals surface area contributed by atoms with Crippen LogP contribution >= 0.6 is 0 Å². The Labute approximate surface area is 141 Å². The zero-order chi connectivity index (χ0) is 18.4. The molecule has 0 fully saturated rings. The highest BCUT2D eigenvalue weighted by Crippen LogP contribution is 2.34. The molecule has 138 valence electrons. The van der Waals surface area contributed by atoms with Gasteiger partial charge in [0.2, 0.25) is 10.0 Å². The quantitative estimate of drug-likeness (QED) is 0.863. The third kappa shape index (κ3) is 3.40. The fourth-order valence-corrected chi connectivity index (χ4v) is 4.18. The molecule has 0 saturated heterocycles. The van der Waals surface area contributed by atoms with Crippen molar-refractivity contribution in [1.82, 2.24) is 24.6 Å². The Hall–Kier alpha value is -1.95. The van der Waals surface area contributed by atoms with E-state index in [1.807, 2.05) is 0 Å². The van der Waals surface area contributed by atoms with Crippen LogP contribution in [0.1, 0.15) is 29.5 Å². The summed E-state index contributed by atoms with van der Waals surface area (Å²) in [6.45, 7) is 2.36. The van der Waals surface area contributed by atoms with Crippen LogP contribution in [0.5, 0.6) is 0 Å². The van der Waals surface area contributed by atoms with Gasteiger partial charge in [-0.15, -0.1) is 10.2 Å². The van der Waals surface area contributed by atoms with E-state index >= 15 is 0 Å². The fourth-order valence-electron chi connectivity index (χ4n) is 2.87. The van der Waals surface area contributed by atoms with Gasteiger partial charge in [0.1, 0.15) is 22.2 Å². The second kappa shape index (κ2) is 6.09. The Morgan fingerprint density at radius 2 is 2.04 bits per heavy atom. The third-order valence-corrected chi connectivity index (χ3v) is 5.79. The second-order valence-electron chi connectivity index (χ2n) is 5.90. The fraction of sp³-hybridized carbons (Fsp3) is 0.615. The number of hydrogen-bond donors (Lipinski definition) is 1. The predicted octanol–water partition coefficient (Wildman–Crippen LogP) is 1.49. The summed E-state index contributed by atoms with van der Waals surface area (Å²) < 4.78 is 72.0. The standard InChI is InChI=1S/C13H16F3N5O3S/c1-7-12(8(2)24-20-7)25(22,23)17-5-11-19-18-10-4-3-9(6-21(10)11)13(14,15)16/h9,17H,3-6H2,1-2H3/t9-/m0/s1. The SMILES string of the molecule is Cc1noc(C)c1S(=O)(=O)NCc1nnc2n1C[C@@H](C(F)(F)F)CC2. The molecule has 3 heterocycles. The minimum absolute atomic E-state index is 0.0492. The first-order valence-corrected chi connectivity index (χ1v) is 8.98. The minimum Gasteiger partial charge on any atom is -0.360 e. The summed E-state index contributed by atoms with van der Waals surface area (Å²) in [4.78, 5) is -0.0842. The lowest BCUT2D eigenvalue weighted by Crippen LogP contribution is -2.34. The third-order valence-electron chi connectivity index (χ3n) is 4.14. The van der Waals surface area contributed by atoms with E-state index in [1.165, 1.54) is 18.4 Å². The number of hydrogen-bond acceptors (Lipinski definition) is 6. The van der Waals surface area contributed by atoms with E-state index in [-0.39, 0.29) is 48.1 Å². The second-order valence-corrected chi connectivity index (χ2v) is 7.60. The summed E-state index contributed by atoms with van der Waals surface area (Å²) in [6, 6.07) is 0. The number of nitrogens with one attached hydrogen (secondary N) is 1. The maximum Gasteiger partial charge on any atom is 0.393 e. The van der Waals surface area contributed by atoms with Gasteiger partial charge in [0, 0.05) is 13.0 Å². The summed E-state index contributed by atoms with van der Waals surface area (Å²) in [6.07, 6.45) is -4.21. The first-order valence-electron chi connectivity index (χ1n) is 7.50. The molecule has 0 aromatic carbocycles. The molecule has 0 saturated carbocycles. The van der Waals surface area contributed by atoms with E-state index in [0.29, 0.717) is 5.82 Å². The Morgan fingerprint density at radius 3 is 2.64 bits per heavy atom. The lowest BCUT2D eigenvalue weighted by atomic mass is 9.99. The highest BCUT2D eigenvalue weighted by atomic mass is 32.2. The van der Waals surface area contributed by atoms with Crippen LogP contribution in [0, 0.1) is 19.8 Å². The summed E-state index contributed by atoms with van der Waals surface area (Å²) in [5, 5.41) is 11.3. The molecule has 8 nitrogen and oxygen atoms in total. The Balaban J connectivity index is 1.79. The minimum atomic E-state index is -4.31. The monoisotopic (exact) mass is 379 g/mol. The van der Waals surface area contributed by atoms with Crippen LogP contribution in [0.2, 0.25) is 0 Å². The largest absolute Gasteiger partial charge is 0.393 e. The molecule has 0 aliphatic carbocycles. The number of alkyl halides is 3. The van der Waals surface area contributed by atoms with E-state index in [4.69, 9.17) is 4.52 Å². The molecular formula is C13H16F3N5O3S. The van der Waals surface area contributed by atoms with Gasteiger partial charge >= 0.3 is 6.18 Å². The first-order chi connectivity index (χ1) is 11.6. The molecule has 1 aliphatic rings. The van der Waals surface area contributed by atoms with Crippen molar-refractivity contribution in [2.75, 3.05) is 0 Å². The molecule has 0 bridgehead atoms. The van der Waals surface area contributed by atoms with Crippen molar-refractivity contribution in [3.05, 3.63) is 23.1 Å². The summed E-state index contributed by atoms with van der Waals surface area (Å²) in [5.74, 6) is -0.800. The lowest BCUT2D eigenvalue weighted by molar-refractivity contribution is -0.182. The number of nitrogens with zero attached hydrogens (tertiary/aromatic N) is 4. The van der Waals surface area contributed by atoms with Gasteiger partial charge in [0.15, 0.2) is 5.76 Å². The van der Waals surface area contributed by atoms with Gasteiger partial charge in [-0.25, -0.2) is 13.1 Å². The molecule has 25 heavy (non-hydrogen) atoms. The normalized spacial score (nSPS) is 18.4. The zero-order valence-electron chi connectivity index (χ0n) is 13.5. The summed E-state index contributed by atoms with van der Waals surface area (Å²) >= 11 is 0. The number of sulfonamides is 1. The number of aromatic nitrogens is 4. The molecule has 0 unspecified atom stereocenters. The van der Waals surface area contributed by atoms with Crippen molar-refractivity contribution in [1.29, 1.82) is 0 Å². The Bertz CT molecular complexity index is 868. The smallest absolute Gasteiger partial charge is 0.360 e. The molecular weight excluding hydrogens is 363 g/mol. The predicted molar refractivity (Wildman–Crippen MR) is 77.9 cm³/mol. The molecule has 1 N–H and O–H groups in total. The topological polar surface area (TPSA) is 103 Å². The van der Waals surface area contributed by atoms with Crippen LogP contribution in [0.3, 0.4) is 0 Å². The van der Waals surface area contributed by atoms with E-state index in [0.717, 1.165) is 0 Å². The van der Waals surface area contributed by atoms with Gasteiger partial charge in [0.05, 0.1) is 12.5 Å². The molecule has 2 aromatic rings. The Kier molecular flexibility index (Phi) is 4.35. The maximum atomic E-state index is 12.9. The molecule has 0 amide bonds. The Morgan fingerprint density at radius 1 is 1.32 bits per heavy atom. The van der Waals surface area contributed by atoms with Crippen LogP contribution in [0.15, 0.2) is 9.42 Å². The molecule has 3 rings (SSSR count). The summed E-state index contributed by atoms with van der Waals surface area (Å²) in [5.41, 5.74) is 0.199. The van der Waals surface area contributed by atoms with Gasteiger partial charge in [-0.3, -0.25) is 0 Å². The van der Waals surface area contributed by atoms with Crippen molar-refractivity contribution in [2.45, 2.75) is 50.9 Å². The average molecular weight is 379 g/mol. The van der Waals surface area contributed by atoms with Crippen molar-refractivity contribution in [3.63, 3.8) is 0 Å². The molecule has 0 radical (unpaired) electrons. The maximum absolute atomic E-state index is 12.9. The number of rotatable bonds is 4. The zero-order valence-corrected chi connectivity index (χ0v) is 14.3. The van der Waals surface area contributed by atoms with Gasteiger partial charge in [-0.2, -0.15) is 13.2 Å². The first kappa shape index (κ1) is 17.9. The van der Waals surface area contributed by atoms with Crippen LogP contribution in [0.25, 0.3) is 0 Å². The van der Waals surface area contributed by atoms with Crippen molar-refractivity contribution in [2.24, 2.45) is 5.92 Å². The van der Waals surface area contributed by atoms with Gasteiger partial charge in [0.25, 0.3) is 0 Å². The van der Waals surface area contributed by atoms with Crippen LogP contribution < -0.4 is 4.72 Å². The van der Waals surface area contributed by atoms with Crippen molar-refractivity contribution in [3.8, 4) is 0 Å².